The Morgan fingerprint density at radius 3 is 2.68 bits per heavy atom. The van der Waals surface area contributed by atoms with Gasteiger partial charge in [-0.15, -0.1) is 0 Å². The number of halogens is 2. The number of carbonyl (C=O) groups is 2. The second-order valence-electron chi connectivity index (χ2n) is 10.2. The van der Waals surface area contributed by atoms with Crippen LogP contribution in [0, 0.1) is 0 Å². The number of nitrogens with zero attached hydrogens (tertiary/aromatic N) is 3. The zero-order valence-corrected chi connectivity index (χ0v) is 25.1. The number of amides is 1. The summed E-state index contributed by atoms with van der Waals surface area (Å²) in [6.45, 7) is 1.38. The predicted molar refractivity (Wildman–Crippen MR) is 165 cm³/mol. The summed E-state index contributed by atoms with van der Waals surface area (Å²) in [6, 6.07) is 14.4. The molecule has 1 saturated heterocycles. The molecule has 1 aliphatic rings. The van der Waals surface area contributed by atoms with E-state index in [1.54, 1.807) is 24.4 Å². The van der Waals surface area contributed by atoms with E-state index in [4.69, 9.17) is 16.3 Å². The van der Waals surface area contributed by atoms with Crippen LogP contribution in [0.3, 0.4) is 0 Å². The number of aromatic nitrogens is 3. The minimum Gasteiger partial charge on any atom is -0.457 e. The molecule has 2 aromatic carbocycles. The lowest BCUT2D eigenvalue weighted by molar-refractivity contribution is -0.132. The molecular formula is C31H33BrClN5O3. The molecule has 2 aromatic heterocycles. The summed E-state index contributed by atoms with van der Waals surface area (Å²) >= 11 is 10.0. The van der Waals surface area contributed by atoms with Gasteiger partial charge < -0.3 is 19.9 Å². The molecule has 1 atom stereocenters. The molecule has 0 aliphatic carbocycles. The lowest BCUT2D eigenvalue weighted by Gasteiger charge is -2.33. The highest BCUT2D eigenvalue weighted by Crippen LogP contribution is 2.32. The zero-order chi connectivity index (χ0) is 28.6. The summed E-state index contributed by atoms with van der Waals surface area (Å²) < 4.78 is 5.86. The van der Waals surface area contributed by atoms with Crippen molar-refractivity contribution in [3.8, 4) is 11.5 Å². The van der Waals surface area contributed by atoms with Crippen molar-refractivity contribution in [2.24, 2.45) is 0 Å². The molecule has 2 N–H and O–H groups in total. The summed E-state index contributed by atoms with van der Waals surface area (Å²) in [4.78, 5) is 40.4. The SMILES string of the molecule is O=C(c1ccc(Oc2ccccc2)cc1Cl)c1c[nH]c2ncnc(NC3CCCN(C(=O)CCCCCCBr)C3)c12. The van der Waals surface area contributed by atoms with E-state index in [-0.39, 0.29) is 22.8 Å². The van der Waals surface area contributed by atoms with Gasteiger partial charge in [0.25, 0.3) is 0 Å². The van der Waals surface area contributed by atoms with Crippen LogP contribution in [-0.2, 0) is 4.79 Å². The standard InChI is InChI=1S/C31H33BrClN5O3/c32-15-7-2-1-6-12-27(39)38-16-8-9-21(19-38)37-31-28-25(18-34-30(28)35-20-36-31)29(40)24-14-13-23(17-26(24)33)41-22-10-4-3-5-11-22/h3-5,10-11,13-14,17-18,20-21H,1-2,6-9,12,15-16,19H2,(H2,34,35,36,37). The van der Waals surface area contributed by atoms with Gasteiger partial charge in [-0.25, -0.2) is 9.97 Å². The van der Waals surface area contributed by atoms with Gasteiger partial charge in [0.2, 0.25) is 5.91 Å². The molecule has 1 fully saturated rings. The van der Waals surface area contributed by atoms with Crippen LogP contribution in [0.4, 0.5) is 5.82 Å². The molecule has 5 rings (SSSR count). The van der Waals surface area contributed by atoms with Crippen LogP contribution in [0.15, 0.2) is 61.1 Å². The number of alkyl halides is 1. The molecule has 0 spiro atoms. The number of piperidine rings is 1. The highest BCUT2D eigenvalue weighted by atomic mass is 79.9. The highest BCUT2D eigenvalue weighted by Gasteiger charge is 2.26. The third-order valence-corrected chi connectivity index (χ3v) is 8.14. The van der Waals surface area contributed by atoms with Crippen LogP contribution in [0.25, 0.3) is 11.0 Å². The Balaban J connectivity index is 1.29. The summed E-state index contributed by atoms with van der Waals surface area (Å²) in [5.41, 5.74) is 1.33. The number of nitrogens with one attached hydrogen (secondary N) is 2. The van der Waals surface area contributed by atoms with Crippen molar-refractivity contribution >= 4 is 56.1 Å². The molecule has 0 bridgehead atoms. The first kappa shape index (κ1) is 29.1. The minimum absolute atomic E-state index is 0.0232. The first-order valence-electron chi connectivity index (χ1n) is 14.0. The maximum Gasteiger partial charge on any atom is 0.222 e. The number of hydrogen-bond donors (Lipinski definition) is 2. The number of unbranched alkanes of at least 4 members (excludes halogenated alkanes) is 3. The van der Waals surface area contributed by atoms with E-state index in [1.807, 2.05) is 35.2 Å². The van der Waals surface area contributed by atoms with Crippen LogP contribution < -0.4 is 10.1 Å². The number of para-hydroxylation sites is 1. The molecular weight excluding hydrogens is 606 g/mol. The molecule has 1 aliphatic heterocycles. The van der Waals surface area contributed by atoms with Gasteiger partial charge in [-0.1, -0.05) is 58.6 Å². The van der Waals surface area contributed by atoms with Crippen LogP contribution in [0.2, 0.25) is 5.02 Å². The zero-order valence-electron chi connectivity index (χ0n) is 22.7. The Morgan fingerprint density at radius 2 is 1.88 bits per heavy atom. The molecule has 4 aromatic rings. The van der Waals surface area contributed by atoms with Crippen molar-refractivity contribution in [1.82, 2.24) is 19.9 Å². The van der Waals surface area contributed by atoms with Crippen LogP contribution in [0.1, 0.15) is 60.9 Å². The first-order valence-corrected chi connectivity index (χ1v) is 15.5. The topological polar surface area (TPSA) is 100 Å². The number of H-pyrrole nitrogens is 1. The molecule has 10 heteroatoms. The van der Waals surface area contributed by atoms with E-state index < -0.39 is 0 Å². The smallest absolute Gasteiger partial charge is 0.222 e. The van der Waals surface area contributed by atoms with Gasteiger partial charge in [0.15, 0.2) is 5.78 Å². The monoisotopic (exact) mass is 637 g/mol. The summed E-state index contributed by atoms with van der Waals surface area (Å²) in [5.74, 6) is 1.74. The second kappa shape index (κ2) is 14.0. The van der Waals surface area contributed by atoms with Gasteiger partial charge in [0, 0.05) is 48.7 Å². The van der Waals surface area contributed by atoms with E-state index >= 15 is 0 Å². The lowest BCUT2D eigenvalue weighted by atomic mass is 10.0. The maximum absolute atomic E-state index is 13.7. The van der Waals surface area contributed by atoms with Gasteiger partial charge in [-0.3, -0.25) is 9.59 Å². The average Bonchev–Trinajstić information content (AvgIpc) is 3.43. The molecule has 41 heavy (non-hydrogen) atoms. The van der Waals surface area contributed by atoms with Crippen molar-refractivity contribution in [3.63, 3.8) is 0 Å². The van der Waals surface area contributed by atoms with E-state index in [2.05, 4.69) is 36.2 Å². The van der Waals surface area contributed by atoms with Gasteiger partial charge in [0.1, 0.15) is 29.3 Å². The Kier molecular flexibility index (Phi) is 9.90. The number of likely N-dealkylation sites (tertiary alicyclic amines) is 1. The number of hydrogen-bond acceptors (Lipinski definition) is 6. The van der Waals surface area contributed by atoms with Gasteiger partial charge in [-0.2, -0.15) is 0 Å². The van der Waals surface area contributed by atoms with Crippen molar-refractivity contribution in [1.29, 1.82) is 0 Å². The number of carbonyl (C=O) groups excluding carboxylic acids is 2. The summed E-state index contributed by atoms with van der Waals surface area (Å²) in [6.07, 6.45) is 9.78. The molecule has 214 valence electrons. The highest BCUT2D eigenvalue weighted by molar-refractivity contribution is 9.09. The first-order chi connectivity index (χ1) is 20.0. The van der Waals surface area contributed by atoms with Crippen molar-refractivity contribution < 1.29 is 14.3 Å². The second-order valence-corrected chi connectivity index (χ2v) is 11.4. The fourth-order valence-electron chi connectivity index (χ4n) is 5.16. The number of fused-ring (bicyclic) bond motifs is 1. The minimum atomic E-state index is -0.245. The van der Waals surface area contributed by atoms with Gasteiger partial charge >= 0.3 is 0 Å². The normalized spacial score (nSPS) is 15.2. The number of ether oxygens (including phenoxy) is 1. The fourth-order valence-corrected chi connectivity index (χ4v) is 5.81. The third kappa shape index (κ3) is 7.26. The Hall–Kier alpha value is -3.43. The molecule has 3 heterocycles. The van der Waals surface area contributed by atoms with Gasteiger partial charge in [-0.05, 0) is 49.9 Å². The number of ketones is 1. The maximum atomic E-state index is 13.7. The quantitative estimate of drug-likeness (QED) is 0.0954. The van der Waals surface area contributed by atoms with Crippen molar-refractivity contribution in [3.05, 3.63) is 77.2 Å². The molecule has 8 nitrogen and oxygen atoms in total. The molecule has 1 unspecified atom stereocenters. The van der Waals surface area contributed by atoms with Crippen LogP contribution in [-0.4, -0.2) is 56.0 Å². The summed E-state index contributed by atoms with van der Waals surface area (Å²) in [7, 11) is 0. The molecule has 0 saturated carbocycles. The summed E-state index contributed by atoms with van der Waals surface area (Å²) in [5, 5.41) is 5.40. The fraction of sp³-hybridized carbons (Fsp3) is 0.355. The number of aromatic amines is 1. The number of rotatable bonds is 12. The number of anilines is 1. The van der Waals surface area contributed by atoms with Gasteiger partial charge in [0.05, 0.1) is 16.0 Å². The van der Waals surface area contributed by atoms with Crippen molar-refractivity contribution in [2.75, 3.05) is 23.7 Å². The van der Waals surface area contributed by atoms with E-state index in [0.717, 1.165) is 50.4 Å². The van der Waals surface area contributed by atoms with Crippen LogP contribution in [0.5, 0.6) is 11.5 Å². The largest absolute Gasteiger partial charge is 0.457 e. The molecule has 1 amide bonds. The Labute approximate surface area is 253 Å². The van der Waals surface area contributed by atoms with Crippen molar-refractivity contribution in [2.45, 2.75) is 51.0 Å². The van der Waals surface area contributed by atoms with E-state index in [9.17, 15) is 9.59 Å². The third-order valence-electron chi connectivity index (χ3n) is 7.27. The number of benzene rings is 2. The average molecular weight is 639 g/mol. The Bertz CT molecular complexity index is 1500. The van der Waals surface area contributed by atoms with E-state index in [0.29, 0.717) is 52.4 Å². The van der Waals surface area contributed by atoms with E-state index in [1.165, 1.54) is 6.33 Å². The Morgan fingerprint density at radius 1 is 1.05 bits per heavy atom. The lowest BCUT2D eigenvalue weighted by Crippen LogP contribution is -2.45. The predicted octanol–water partition coefficient (Wildman–Crippen LogP) is 7.38. The molecule has 0 radical (unpaired) electrons. The van der Waals surface area contributed by atoms with Crippen LogP contribution >= 0.6 is 27.5 Å².